The van der Waals surface area contributed by atoms with E-state index in [2.05, 4.69) is 16.0 Å². The Morgan fingerprint density at radius 3 is 2.21 bits per heavy atom. The molecule has 21 heteroatoms. The number of benzene rings is 3. The summed E-state index contributed by atoms with van der Waals surface area (Å²) in [4.78, 5) is 147. The van der Waals surface area contributed by atoms with E-state index >= 15 is 0 Å². The van der Waals surface area contributed by atoms with Crippen molar-refractivity contribution in [3.8, 4) is 11.5 Å². The van der Waals surface area contributed by atoms with Gasteiger partial charge in [0.25, 0.3) is 11.8 Å². The number of anilines is 2. The number of rotatable bonds is 10. The number of cyclic esters (lactones) is 2. The van der Waals surface area contributed by atoms with E-state index in [0.717, 1.165) is 5.56 Å². The van der Waals surface area contributed by atoms with Crippen molar-refractivity contribution >= 4 is 70.4 Å². The summed E-state index contributed by atoms with van der Waals surface area (Å²) in [5.41, 5.74) is 1.35. The summed E-state index contributed by atoms with van der Waals surface area (Å²) in [5.74, 6) is -5.99. The molecule has 0 unspecified atom stereocenters. The van der Waals surface area contributed by atoms with Crippen LogP contribution in [0.2, 0.25) is 0 Å². The van der Waals surface area contributed by atoms with Crippen LogP contribution in [0.25, 0.3) is 0 Å². The van der Waals surface area contributed by atoms with Crippen LogP contribution >= 0.6 is 0 Å². The maximum absolute atomic E-state index is 14.9. The van der Waals surface area contributed by atoms with Gasteiger partial charge in [0.05, 0.1) is 19.6 Å². The van der Waals surface area contributed by atoms with Gasteiger partial charge in [0, 0.05) is 63.9 Å². The average Bonchev–Trinajstić information content (AvgIpc) is 1.70. The van der Waals surface area contributed by atoms with E-state index in [1.165, 1.54) is 66.9 Å². The predicted octanol–water partition coefficient (Wildman–Crippen LogP) is 6.83. The van der Waals surface area contributed by atoms with Gasteiger partial charge in [0.2, 0.25) is 35.3 Å². The van der Waals surface area contributed by atoms with Gasteiger partial charge in [-0.2, -0.15) is 0 Å². The van der Waals surface area contributed by atoms with Gasteiger partial charge in [0.1, 0.15) is 42.9 Å². The summed E-state index contributed by atoms with van der Waals surface area (Å²) in [6.45, 7) is 12.0. The summed E-state index contributed by atoms with van der Waals surface area (Å²) in [7, 11) is 6.11. The number of para-hydroxylation sites is 1. The zero-order valence-electron chi connectivity index (χ0n) is 51.7. The minimum Gasteiger partial charge on any atom is -0.493 e. The molecule has 3 heterocycles. The van der Waals surface area contributed by atoms with Crippen LogP contribution in [0.3, 0.4) is 0 Å². The number of ether oxygens (including phenoxy) is 4. The second kappa shape index (κ2) is 30.8. The number of nitrogens with zero attached hydrogens (tertiary/aromatic N) is 4. The van der Waals surface area contributed by atoms with Crippen LogP contribution in [0.4, 0.5) is 11.4 Å². The quantitative estimate of drug-likeness (QED) is 0.139. The van der Waals surface area contributed by atoms with Crippen molar-refractivity contribution in [1.82, 2.24) is 25.3 Å². The molecule has 466 valence electrons. The molecule has 1 fully saturated rings. The summed E-state index contributed by atoms with van der Waals surface area (Å²) >= 11 is 0. The Bertz CT molecular complexity index is 2990. The molecule has 3 N–H and O–H groups in total. The average molecular weight is 1190 g/mol. The van der Waals surface area contributed by atoms with E-state index < -0.39 is 113 Å². The number of Topliss-reactive ketones (excluding diaryl/α,β-unsaturated/α-hetero) is 1. The zero-order valence-corrected chi connectivity index (χ0v) is 51.7. The lowest BCUT2D eigenvalue weighted by Crippen LogP contribution is -2.63. The van der Waals surface area contributed by atoms with Gasteiger partial charge in [-0.15, -0.1) is 0 Å². The van der Waals surface area contributed by atoms with Crippen LogP contribution < -0.4 is 30.3 Å². The SMILES string of the molecule is CCC[C@@H]1NC(=O)[C@H](C(C)C)N2C(=O)[C@@H](Cc3ccccc32)NC(=O)[C@H](CC(C)C)N(C)C(=O)CCC(=O)Nc2cccc(c2)[C@@H](CCc2ccc(OC)c(OC)c2)OC(=O)[C@@H]2CCCCN2C(=O)C(=O)C(C)(C)COC(=O)/C=C\CCN(C)C1=O. The van der Waals surface area contributed by atoms with Crippen LogP contribution in [-0.4, -0.2) is 152 Å². The van der Waals surface area contributed by atoms with Crippen LogP contribution in [-0.2, 0) is 70.3 Å². The van der Waals surface area contributed by atoms with Crippen molar-refractivity contribution in [3.63, 3.8) is 0 Å². The van der Waals surface area contributed by atoms with Gasteiger partial charge in [-0.3, -0.25) is 43.3 Å². The smallest absolute Gasteiger partial charge is 0.330 e. The van der Waals surface area contributed by atoms with Crippen molar-refractivity contribution < 1.29 is 66.9 Å². The first-order valence-electron chi connectivity index (χ1n) is 29.9. The van der Waals surface area contributed by atoms with Gasteiger partial charge in [-0.1, -0.05) is 83.5 Å². The molecule has 4 bridgehead atoms. The maximum Gasteiger partial charge on any atom is 0.330 e. The minimum absolute atomic E-state index is 0.0826. The molecule has 7 amide bonds. The first-order valence-corrected chi connectivity index (χ1v) is 29.9. The van der Waals surface area contributed by atoms with Crippen LogP contribution in [0, 0.1) is 17.3 Å². The molecule has 6 atom stereocenters. The number of piperidine rings is 1. The second-order valence-electron chi connectivity index (χ2n) is 23.9. The molecule has 3 aliphatic rings. The van der Waals surface area contributed by atoms with Crippen molar-refractivity contribution in [1.29, 1.82) is 0 Å². The highest BCUT2D eigenvalue weighted by atomic mass is 16.5. The number of amides is 7. The minimum atomic E-state index is -1.50. The first-order chi connectivity index (χ1) is 40.9. The molecule has 21 nitrogen and oxygen atoms in total. The number of hydrogen-bond acceptors (Lipinski definition) is 14. The third-order valence-electron chi connectivity index (χ3n) is 15.9. The van der Waals surface area contributed by atoms with E-state index in [4.69, 9.17) is 18.9 Å². The van der Waals surface area contributed by atoms with E-state index in [0.29, 0.717) is 59.7 Å². The van der Waals surface area contributed by atoms with Gasteiger partial charge in [-0.25, -0.2) is 9.59 Å². The Balaban J connectivity index is 1.32. The monoisotopic (exact) mass is 1190 g/mol. The number of hydrogen-bond donors (Lipinski definition) is 3. The third-order valence-corrected chi connectivity index (χ3v) is 15.9. The van der Waals surface area contributed by atoms with Gasteiger partial charge < -0.3 is 49.6 Å². The number of fused-ring (bicyclic) bond motifs is 7. The Hall–Kier alpha value is -8.10. The highest BCUT2D eigenvalue weighted by molar-refractivity contribution is 6.38. The number of likely N-dealkylation sites (N-methyl/N-ethyl adjacent to an activating group) is 2. The fourth-order valence-electron chi connectivity index (χ4n) is 11.1. The molecule has 3 aliphatic heterocycles. The number of carbonyl (C=O) groups excluding carboxylic acids is 10. The maximum atomic E-state index is 14.9. The van der Waals surface area contributed by atoms with E-state index in [-0.39, 0.29) is 70.4 Å². The lowest BCUT2D eigenvalue weighted by atomic mass is 9.87. The molecule has 1 saturated heterocycles. The van der Waals surface area contributed by atoms with Crippen molar-refractivity contribution in [2.45, 2.75) is 162 Å². The largest absolute Gasteiger partial charge is 0.493 e. The molecule has 0 aromatic heterocycles. The Labute approximate surface area is 505 Å². The molecule has 0 radical (unpaired) electrons. The number of carbonyl (C=O) groups is 10. The molecule has 3 aromatic rings. The zero-order chi connectivity index (χ0) is 63.0. The summed E-state index contributed by atoms with van der Waals surface area (Å²) in [6, 6.07) is 13.9. The van der Waals surface area contributed by atoms with Gasteiger partial charge in [0.15, 0.2) is 11.5 Å². The highest BCUT2D eigenvalue weighted by Crippen LogP contribution is 2.35. The Kier molecular flexibility index (Phi) is 24.0. The molecular formula is C65H87N7O14. The molecule has 3 aromatic carbocycles. The number of esters is 2. The second-order valence-corrected chi connectivity index (χ2v) is 23.9. The topological polar surface area (TPSA) is 257 Å². The number of aryl methyl sites for hydroxylation is 1. The van der Waals surface area contributed by atoms with E-state index in [1.807, 2.05) is 39.0 Å². The highest BCUT2D eigenvalue weighted by Gasteiger charge is 2.45. The Morgan fingerprint density at radius 2 is 1.51 bits per heavy atom. The molecule has 6 rings (SSSR count). The fourth-order valence-corrected chi connectivity index (χ4v) is 11.1. The van der Waals surface area contributed by atoms with Crippen LogP contribution in [0.15, 0.2) is 78.9 Å². The fraction of sp³-hybridized carbons (Fsp3) is 0.538. The lowest BCUT2D eigenvalue weighted by Gasteiger charge is -2.41. The lowest BCUT2D eigenvalue weighted by molar-refractivity contribution is -0.165. The third kappa shape index (κ3) is 17.3. The number of methoxy groups -OCH3 is 2. The van der Waals surface area contributed by atoms with E-state index in [9.17, 15) is 47.9 Å². The Morgan fingerprint density at radius 1 is 0.779 bits per heavy atom. The molecule has 0 aliphatic carbocycles. The van der Waals surface area contributed by atoms with Gasteiger partial charge in [-0.05, 0) is 124 Å². The van der Waals surface area contributed by atoms with E-state index in [1.54, 1.807) is 69.4 Å². The summed E-state index contributed by atoms with van der Waals surface area (Å²) < 4.78 is 22.8. The van der Waals surface area contributed by atoms with Crippen molar-refractivity contribution in [3.05, 3.63) is 95.6 Å². The van der Waals surface area contributed by atoms with Crippen molar-refractivity contribution in [2.24, 2.45) is 17.3 Å². The van der Waals surface area contributed by atoms with Gasteiger partial charge >= 0.3 is 11.9 Å². The summed E-state index contributed by atoms with van der Waals surface area (Å²) in [5, 5.41) is 8.72. The molecule has 0 saturated carbocycles. The van der Waals surface area contributed by atoms with Crippen LogP contribution in [0.5, 0.6) is 11.5 Å². The van der Waals surface area contributed by atoms with Crippen molar-refractivity contribution in [2.75, 3.05) is 58.2 Å². The first kappa shape index (κ1) is 67.0. The predicted molar refractivity (Wildman–Crippen MR) is 323 cm³/mol. The number of ketones is 1. The van der Waals surface area contributed by atoms with Crippen LogP contribution in [0.1, 0.15) is 135 Å². The summed E-state index contributed by atoms with van der Waals surface area (Å²) in [6.07, 6.45) is 4.45. The molecule has 86 heavy (non-hydrogen) atoms. The standard InChI is InChI=1S/C65H87N7O14/c1-12-20-46-61(79)69(8)33-17-16-26-56(75)85-39-65(6,7)58(76)63(81)71-34-18-15-25-49(71)64(82)86-51(29-27-42-28-30-52(83-10)53(36-42)84-11)44-22-19-23-45(37-44)66-54(73)31-32-55(74)70(9)50(35-40(2)3)59(77)68-47-38-43-21-13-14-24-48(43)72(62(47)80)57(41(4)5)60(78)67-46/h13-14,16,19,21-24,26,28,30,36-37,40-41,46-47,49-51,57H,12,15,17-18,20,25,27,29,31-35,38-39H2,1-11H3,(H,66,73)(H,67,78)(H,68,77)/b26-16-/t46-,47+,49-,50-,51+,57-/m0/s1. The number of nitrogens with one attached hydrogen (secondary N) is 3. The molecular weight excluding hydrogens is 1100 g/mol. The normalized spacial score (nSPS) is 23.6. The molecule has 0 spiro atoms.